The predicted octanol–water partition coefficient (Wildman–Crippen LogP) is 5.90. The molecule has 34 heavy (non-hydrogen) atoms. The zero-order chi connectivity index (χ0) is 24.2. The Morgan fingerprint density at radius 2 is 1.85 bits per heavy atom. The molecule has 1 aliphatic heterocycles. The first-order valence-corrected chi connectivity index (χ1v) is 11.3. The number of rotatable bonds is 5. The molecule has 0 radical (unpaired) electrons. The van der Waals surface area contributed by atoms with E-state index in [2.05, 4.69) is 10.6 Å². The van der Waals surface area contributed by atoms with Gasteiger partial charge in [-0.15, -0.1) is 0 Å². The fraction of sp³-hybridized carbons (Fsp3) is 0.231. The van der Waals surface area contributed by atoms with Gasteiger partial charge in [-0.05, 0) is 78.7 Å². The van der Waals surface area contributed by atoms with Gasteiger partial charge in [0.25, 0.3) is 0 Å². The molecule has 8 heteroatoms. The number of nitrogens with zero attached hydrogens (tertiary/aromatic N) is 1. The fourth-order valence-electron chi connectivity index (χ4n) is 4.01. The van der Waals surface area contributed by atoms with E-state index in [-0.39, 0.29) is 30.0 Å². The molecule has 176 valence electrons. The van der Waals surface area contributed by atoms with Crippen molar-refractivity contribution in [2.75, 3.05) is 22.6 Å². The Labute approximate surface area is 202 Å². The number of hydrogen-bond donors (Lipinski definition) is 2. The molecule has 1 atom stereocenters. The summed E-state index contributed by atoms with van der Waals surface area (Å²) >= 11 is 5.43. The highest BCUT2D eigenvalue weighted by Gasteiger charge is 2.29. The Morgan fingerprint density at radius 1 is 1.09 bits per heavy atom. The van der Waals surface area contributed by atoms with Crippen LogP contribution in [0.5, 0.6) is 5.75 Å². The highest BCUT2D eigenvalue weighted by Crippen LogP contribution is 2.38. The lowest BCUT2D eigenvalue weighted by Gasteiger charge is -2.26. The number of carbonyl (C=O) groups excluding carboxylic acids is 1. The summed E-state index contributed by atoms with van der Waals surface area (Å²) in [6.07, 6.45) is 1.38. The maximum atomic E-state index is 13.8. The Hall–Kier alpha value is -3.52. The van der Waals surface area contributed by atoms with Crippen LogP contribution < -0.4 is 20.3 Å². The van der Waals surface area contributed by atoms with Gasteiger partial charge >= 0.3 is 0 Å². The van der Waals surface area contributed by atoms with Crippen LogP contribution >= 0.6 is 12.2 Å². The quantitative estimate of drug-likeness (QED) is 0.445. The summed E-state index contributed by atoms with van der Waals surface area (Å²) < 4.78 is 32.5. The number of fused-ring (bicyclic) bond motifs is 1. The molecular formula is C26H25F2N3O2S. The van der Waals surface area contributed by atoms with Crippen LogP contribution in [0.25, 0.3) is 0 Å². The second kappa shape index (κ2) is 10.2. The highest BCUT2D eigenvalue weighted by atomic mass is 32.1. The van der Waals surface area contributed by atoms with Gasteiger partial charge in [-0.3, -0.25) is 4.79 Å². The molecule has 1 amide bonds. The maximum Gasteiger partial charge on any atom is 0.230 e. The number of ether oxygens (including phenoxy) is 1. The molecule has 0 saturated heterocycles. The molecule has 3 aromatic rings. The minimum atomic E-state index is -0.340. The van der Waals surface area contributed by atoms with E-state index in [0.29, 0.717) is 40.6 Å². The van der Waals surface area contributed by atoms with Crippen LogP contribution in [0.4, 0.5) is 25.8 Å². The van der Waals surface area contributed by atoms with Crippen molar-refractivity contribution < 1.29 is 18.3 Å². The Balaban J connectivity index is 1.64. The number of methoxy groups -OCH3 is 1. The second-order valence-electron chi connectivity index (χ2n) is 8.26. The summed E-state index contributed by atoms with van der Waals surface area (Å²) in [6, 6.07) is 15.9. The summed E-state index contributed by atoms with van der Waals surface area (Å²) in [6.45, 7) is 2.17. The molecule has 5 nitrogen and oxygen atoms in total. The van der Waals surface area contributed by atoms with Gasteiger partial charge < -0.3 is 20.3 Å². The van der Waals surface area contributed by atoms with Crippen molar-refractivity contribution >= 4 is 40.3 Å². The van der Waals surface area contributed by atoms with E-state index in [4.69, 9.17) is 17.0 Å². The Bertz CT molecular complexity index is 1220. The van der Waals surface area contributed by atoms with Gasteiger partial charge in [0, 0.05) is 17.7 Å². The number of benzene rings is 3. The van der Waals surface area contributed by atoms with Crippen molar-refractivity contribution in [1.82, 2.24) is 0 Å². The largest absolute Gasteiger partial charge is 0.494 e. The van der Waals surface area contributed by atoms with Crippen molar-refractivity contribution in [3.8, 4) is 5.75 Å². The number of hydrogen-bond acceptors (Lipinski definition) is 3. The molecule has 2 N–H and O–H groups in total. The molecule has 0 saturated carbocycles. The minimum Gasteiger partial charge on any atom is -0.494 e. The molecule has 0 spiro atoms. The van der Waals surface area contributed by atoms with Gasteiger partial charge in [0.05, 0.1) is 25.0 Å². The van der Waals surface area contributed by atoms with Crippen LogP contribution in [-0.4, -0.2) is 18.1 Å². The summed E-state index contributed by atoms with van der Waals surface area (Å²) in [5, 5.41) is 6.48. The van der Waals surface area contributed by atoms with Gasteiger partial charge in [0.1, 0.15) is 17.4 Å². The number of halogens is 2. The van der Waals surface area contributed by atoms with E-state index >= 15 is 0 Å². The van der Waals surface area contributed by atoms with E-state index in [1.54, 1.807) is 36.3 Å². The molecule has 0 aliphatic carbocycles. The zero-order valence-corrected chi connectivity index (χ0v) is 19.7. The third kappa shape index (κ3) is 5.34. The van der Waals surface area contributed by atoms with E-state index in [0.717, 1.165) is 11.3 Å². The SMILES string of the molecule is COc1cc2c(cc1NC(=S)Nc1ccc(F)cc1)CCC(C)C(=O)N2Cc1cccc(F)c1. The lowest BCUT2D eigenvalue weighted by Crippen LogP contribution is -2.34. The number of thiocarbonyl (C=S) groups is 1. The average Bonchev–Trinajstić information content (AvgIpc) is 2.92. The minimum absolute atomic E-state index is 0.0146. The van der Waals surface area contributed by atoms with Crippen LogP contribution in [0.15, 0.2) is 60.7 Å². The van der Waals surface area contributed by atoms with E-state index in [9.17, 15) is 13.6 Å². The number of nitrogens with one attached hydrogen (secondary N) is 2. The summed E-state index contributed by atoms with van der Waals surface area (Å²) in [7, 11) is 1.54. The van der Waals surface area contributed by atoms with Gasteiger partial charge in [0.15, 0.2) is 5.11 Å². The molecule has 0 fully saturated rings. The predicted molar refractivity (Wildman–Crippen MR) is 134 cm³/mol. The summed E-state index contributed by atoms with van der Waals surface area (Å²) in [5.41, 5.74) is 3.70. The van der Waals surface area contributed by atoms with E-state index in [1.165, 1.54) is 24.3 Å². The molecule has 0 aromatic heterocycles. The van der Waals surface area contributed by atoms with Crippen molar-refractivity contribution in [2.24, 2.45) is 5.92 Å². The van der Waals surface area contributed by atoms with Crippen molar-refractivity contribution in [3.63, 3.8) is 0 Å². The first kappa shape index (κ1) is 23.6. The standard InChI is InChI=1S/C26H25F2N3O2S/c1-16-6-7-18-13-22(30-26(34)29-21-10-8-19(27)9-11-21)24(33-2)14-23(18)31(25(16)32)15-17-4-3-5-20(28)12-17/h3-5,8-14,16H,6-7,15H2,1-2H3,(H2,29,30,34). The van der Waals surface area contributed by atoms with Crippen LogP contribution in [0.1, 0.15) is 24.5 Å². The van der Waals surface area contributed by atoms with Gasteiger partial charge in [-0.1, -0.05) is 19.1 Å². The monoisotopic (exact) mass is 481 g/mol. The van der Waals surface area contributed by atoms with Gasteiger partial charge in [-0.2, -0.15) is 0 Å². The maximum absolute atomic E-state index is 13.8. The van der Waals surface area contributed by atoms with Crippen LogP contribution in [-0.2, 0) is 17.8 Å². The lowest BCUT2D eigenvalue weighted by molar-refractivity contribution is -0.122. The van der Waals surface area contributed by atoms with Crippen LogP contribution in [0, 0.1) is 17.6 Å². The smallest absolute Gasteiger partial charge is 0.230 e. The van der Waals surface area contributed by atoms with Gasteiger partial charge in [0.2, 0.25) is 5.91 Å². The second-order valence-corrected chi connectivity index (χ2v) is 8.67. The Morgan fingerprint density at radius 3 is 2.56 bits per heavy atom. The van der Waals surface area contributed by atoms with Crippen molar-refractivity contribution in [1.29, 1.82) is 0 Å². The topological polar surface area (TPSA) is 53.6 Å². The summed E-state index contributed by atoms with van der Waals surface area (Å²) in [4.78, 5) is 14.9. The first-order chi connectivity index (χ1) is 16.3. The number of amides is 1. The third-order valence-corrected chi connectivity index (χ3v) is 6.01. The first-order valence-electron chi connectivity index (χ1n) is 10.9. The Kier molecular flexibility index (Phi) is 7.07. The zero-order valence-electron chi connectivity index (χ0n) is 18.9. The molecule has 1 aliphatic rings. The molecule has 0 bridgehead atoms. The number of aryl methyl sites for hydroxylation is 1. The number of carbonyl (C=O) groups is 1. The van der Waals surface area contributed by atoms with Gasteiger partial charge in [-0.25, -0.2) is 8.78 Å². The molecule has 3 aromatic carbocycles. The molecule has 1 unspecified atom stereocenters. The number of anilines is 3. The highest BCUT2D eigenvalue weighted by molar-refractivity contribution is 7.80. The van der Waals surface area contributed by atoms with Crippen molar-refractivity contribution in [2.45, 2.75) is 26.3 Å². The third-order valence-electron chi connectivity index (χ3n) is 5.81. The summed E-state index contributed by atoms with van der Waals surface area (Å²) in [5.74, 6) is -0.354. The normalized spacial score (nSPS) is 15.4. The van der Waals surface area contributed by atoms with Crippen molar-refractivity contribution in [3.05, 3.63) is 83.4 Å². The fourth-order valence-corrected chi connectivity index (χ4v) is 4.24. The molecular weight excluding hydrogens is 456 g/mol. The van der Waals surface area contributed by atoms with E-state index in [1.807, 2.05) is 19.1 Å². The molecule has 1 heterocycles. The van der Waals surface area contributed by atoms with E-state index < -0.39 is 0 Å². The molecule has 4 rings (SSSR count). The lowest BCUT2D eigenvalue weighted by atomic mass is 10.0. The van der Waals surface area contributed by atoms with Crippen LogP contribution in [0.2, 0.25) is 0 Å². The van der Waals surface area contributed by atoms with Crippen LogP contribution in [0.3, 0.4) is 0 Å². The average molecular weight is 482 g/mol.